The average molecular weight is 490 g/mol. The molecule has 35 heavy (non-hydrogen) atoms. The summed E-state index contributed by atoms with van der Waals surface area (Å²) < 4.78 is 40.6. The van der Waals surface area contributed by atoms with Crippen molar-refractivity contribution in [2.45, 2.75) is 65.1 Å². The van der Waals surface area contributed by atoms with Crippen molar-refractivity contribution in [2.75, 3.05) is 36.5 Å². The van der Waals surface area contributed by atoms with Crippen LogP contribution in [0.3, 0.4) is 0 Å². The second-order valence-corrected chi connectivity index (χ2v) is 10.2. The predicted molar refractivity (Wildman–Crippen MR) is 130 cm³/mol. The summed E-state index contributed by atoms with van der Waals surface area (Å²) in [6.07, 6.45) is 2.10. The fourth-order valence-corrected chi connectivity index (χ4v) is 4.33. The number of carbonyl (C=O) groups excluding carboxylic acids is 1. The fourth-order valence-electron chi connectivity index (χ4n) is 4.33. The number of likely N-dealkylation sites (tertiary alicyclic amines) is 1. The molecule has 1 fully saturated rings. The zero-order valence-corrected chi connectivity index (χ0v) is 20.9. The van der Waals surface area contributed by atoms with Gasteiger partial charge in [-0.2, -0.15) is 0 Å². The molecule has 1 aromatic carbocycles. The molecule has 0 aliphatic carbocycles. The predicted octanol–water partition coefficient (Wildman–Crippen LogP) is 4.84. The Balaban J connectivity index is 1.49. The minimum Gasteiger partial charge on any atom is -0.486 e. The van der Waals surface area contributed by atoms with E-state index in [1.165, 1.54) is 6.07 Å². The van der Waals surface area contributed by atoms with Gasteiger partial charge in [0.05, 0.1) is 18.4 Å². The van der Waals surface area contributed by atoms with Gasteiger partial charge in [0.2, 0.25) is 5.95 Å². The van der Waals surface area contributed by atoms with E-state index >= 15 is 0 Å². The largest absolute Gasteiger partial charge is 0.486 e. The first-order valence-corrected chi connectivity index (χ1v) is 12.0. The molecule has 190 valence electrons. The Labute approximate surface area is 204 Å². The molecule has 8 nitrogen and oxygen atoms in total. The first kappa shape index (κ1) is 24.9. The van der Waals surface area contributed by atoms with Gasteiger partial charge in [-0.1, -0.05) is 0 Å². The Bertz CT molecular complexity index is 1080. The number of nitrogens with zero attached hydrogens (tertiary/aromatic N) is 4. The third kappa shape index (κ3) is 5.74. The SMILES string of the molecule is CC(C)N1CCOc2c(F)cc(-c3nc(NC4CCN(C(=O)OC(C)(C)C)CC4)ncc3F)cc21. The number of anilines is 2. The summed E-state index contributed by atoms with van der Waals surface area (Å²) in [6.45, 7) is 11.6. The van der Waals surface area contributed by atoms with Gasteiger partial charge in [0.25, 0.3) is 0 Å². The zero-order valence-electron chi connectivity index (χ0n) is 20.9. The lowest BCUT2D eigenvalue weighted by Gasteiger charge is -2.35. The van der Waals surface area contributed by atoms with Crippen molar-refractivity contribution in [1.29, 1.82) is 0 Å². The molecule has 0 saturated carbocycles. The minimum atomic E-state index is -0.637. The first-order chi connectivity index (χ1) is 16.5. The Morgan fingerprint density at radius 1 is 1.17 bits per heavy atom. The molecule has 1 amide bonds. The summed E-state index contributed by atoms with van der Waals surface area (Å²) in [5.41, 5.74) is 0.381. The number of benzene rings is 1. The number of hydrogen-bond acceptors (Lipinski definition) is 7. The number of carbonyl (C=O) groups is 1. The van der Waals surface area contributed by atoms with Crippen LogP contribution in [0.15, 0.2) is 18.3 Å². The lowest BCUT2D eigenvalue weighted by Crippen LogP contribution is -2.44. The van der Waals surface area contributed by atoms with Crippen molar-refractivity contribution in [1.82, 2.24) is 14.9 Å². The highest BCUT2D eigenvalue weighted by Crippen LogP contribution is 2.39. The molecule has 3 heterocycles. The Kier molecular flexibility index (Phi) is 7.00. The smallest absolute Gasteiger partial charge is 0.410 e. The number of amides is 1. The van der Waals surface area contributed by atoms with Crippen molar-refractivity contribution in [3.05, 3.63) is 30.0 Å². The van der Waals surface area contributed by atoms with E-state index in [1.807, 2.05) is 39.5 Å². The van der Waals surface area contributed by atoms with Crippen LogP contribution in [0.25, 0.3) is 11.3 Å². The quantitative estimate of drug-likeness (QED) is 0.658. The van der Waals surface area contributed by atoms with Gasteiger partial charge in [0, 0.05) is 30.7 Å². The topological polar surface area (TPSA) is 79.8 Å². The lowest BCUT2D eigenvalue weighted by molar-refractivity contribution is 0.0210. The first-order valence-electron chi connectivity index (χ1n) is 12.0. The maximum Gasteiger partial charge on any atom is 0.410 e. The van der Waals surface area contributed by atoms with Crippen LogP contribution in [0, 0.1) is 11.6 Å². The normalized spacial score (nSPS) is 16.7. The highest BCUT2D eigenvalue weighted by atomic mass is 19.1. The standard InChI is InChI=1S/C25H33F2N5O3/c1-15(2)32-10-11-34-22-18(26)12-16(13-20(22)32)21-19(27)14-28-23(30-21)29-17-6-8-31(9-7-17)24(33)35-25(3,4)5/h12-15,17H,6-11H2,1-5H3,(H,28,29,30). The van der Waals surface area contributed by atoms with Crippen LogP contribution >= 0.6 is 0 Å². The van der Waals surface area contributed by atoms with Crippen LogP contribution < -0.4 is 15.0 Å². The molecule has 0 radical (unpaired) electrons. The van der Waals surface area contributed by atoms with Gasteiger partial charge in [-0.15, -0.1) is 0 Å². The fraction of sp³-hybridized carbons (Fsp3) is 0.560. The second-order valence-electron chi connectivity index (χ2n) is 10.2. The van der Waals surface area contributed by atoms with Crippen molar-refractivity contribution < 1.29 is 23.0 Å². The van der Waals surface area contributed by atoms with E-state index in [1.54, 1.807) is 11.0 Å². The highest BCUT2D eigenvalue weighted by molar-refractivity contribution is 5.73. The number of fused-ring (bicyclic) bond motifs is 1. The Morgan fingerprint density at radius 3 is 2.54 bits per heavy atom. The van der Waals surface area contributed by atoms with Crippen LogP contribution in [-0.4, -0.2) is 64.9 Å². The van der Waals surface area contributed by atoms with E-state index in [0.717, 1.165) is 6.20 Å². The molecule has 1 N–H and O–H groups in total. The summed E-state index contributed by atoms with van der Waals surface area (Å²) >= 11 is 0. The van der Waals surface area contributed by atoms with Gasteiger partial charge in [-0.3, -0.25) is 0 Å². The summed E-state index contributed by atoms with van der Waals surface area (Å²) in [4.78, 5) is 24.4. The van der Waals surface area contributed by atoms with Gasteiger partial charge in [-0.05, 0) is 59.6 Å². The molecule has 1 aromatic heterocycles. The Morgan fingerprint density at radius 2 is 1.89 bits per heavy atom. The van der Waals surface area contributed by atoms with E-state index in [0.29, 0.717) is 50.3 Å². The number of piperidine rings is 1. The average Bonchev–Trinajstić information content (AvgIpc) is 2.79. The Hall–Kier alpha value is -3.17. The molecular formula is C25H33F2N5O3. The van der Waals surface area contributed by atoms with Crippen LogP contribution in [-0.2, 0) is 4.74 Å². The maximum absolute atomic E-state index is 14.9. The van der Waals surface area contributed by atoms with Crippen molar-refractivity contribution in [3.8, 4) is 17.0 Å². The number of aromatic nitrogens is 2. The molecule has 0 bridgehead atoms. The van der Waals surface area contributed by atoms with Crippen molar-refractivity contribution in [2.24, 2.45) is 0 Å². The molecule has 2 aliphatic heterocycles. The molecule has 0 atom stereocenters. The monoisotopic (exact) mass is 489 g/mol. The van der Waals surface area contributed by atoms with Gasteiger partial charge in [-0.25, -0.2) is 23.5 Å². The van der Waals surface area contributed by atoms with Gasteiger partial charge in [0.15, 0.2) is 17.4 Å². The van der Waals surface area contributed by atoms with Crippen LogP contribution in [0.2, 0.25) is 0 Å². The molecule has 2 aromatic rings. The van der Waals surface area contributed by atoms with Crippen molar-refractivity contribution in [3.63, 3.8) is 0 Å². The van der Waals surface area contributed by atoms with Gasteiger partial charge < -0.3 is 24.6 Å². The highest BCUT2D eigenvalue weighted by Gasteiger charge is 2.28. The molecule has 2 aliphatic rings. The second kappa shape index (κ2) is 9.83. The van der Waals surface area contributed by atoms with Crippen molar-refractivity contribution >= 4 is 17.7 Å². The van der Waals surface area contributed by atoms with Gasteiger partial charge in [0.1, 0.15) is 17.9 Å². The minimum absolute atomic E-state index is 0.0112. The van der Waals surface area contributed by atoms with E-state index in [2.05, 4.69) is 15.3 Å². The van der Waals surface area contributed by atoms with Crippen LogP contribution in [0.4, 0.5) is 25.2 Å². The van der Waals surface area contributed by atoms with Crippen LogP contribution in [0.1, 0.15) is 47.5 Å². The molecule has 10 heteroatoms. The number of hydrogen-bond donors (Lipinski definition) is 1. The van der Waals surface area contributed by atoms with E-state index in [4.69, 9.17) is 9.47 Å². The summed E-state index contributed by atoms with van der Waals surface area (Å²) in [5, 5.41) is 3.23. The molecule has 1 saturated heterocycles. The summed E-state index contributed by atoms with van der Waals surface area (Å²) in [7, 11) is 0. The summed E-state index contributed by atoms with van der Waals surface area (Å²) in [5.74, 6) is -0.752. The third-order valence-corrected chi connectivity index (χ3v) is 6.03. The summed E-state index contributed by atoms with van der Waals surface area (Å²) in [6, 6.07) is 3.10. The maximum atomic E-state index is 14.9. The number of rotatable bonds is 4. The molecule has 0 unspecified atom stereocenters. The number of nitrogens with one attached hydrogen (secondary N) is 1. The van der Waals surface area contributed by atoms with E-state index < -0.39 is 17.2 Å². The molecule has 4 rings (SSSR count). The van der Waals surface area contributed by atoms with Crippen LogP contribution in [0.5, 0.6) is 5.75 Å². The van der Waals surface area contributed by atoms with E-state index in [9.17, 15) is 13.6 Å². The molecule has 0 spiro atoms. The van der Waals surface area contributed by atoms with E-state index in [-0.39, 0.29) is 35.6 Å². The lowest BCUT2D eigenvalue weighted by atomic mass is 10.1. The van der Waals surface area contributed by atoms with Gasteiger partial charge >= 0.3 is 6.09 Å². The number of ether oxygens (including phenoxy) is 2. The molecular weight excluding hydrogens is 456 g/mol. The third-order valence-electron chi connectivity index (χ3n) is 6.03. The number of halogens is 2. The zero-order chi connectivity index (χ0) is 25.3.